The minimum absolute atomic E-state index is 0.150. The summed E-state index contributed by atoms with van der Waals surface area (Å²) in [5.41, 5.74) is 0.110. The number of aromatic amines is 3. The first-order valence-electron chi connectivity index (χ1n) is 6.73. The van der Waals surface area contributed by atoms with Crippen LogP contribution in [0.1, 0.15) is 34.8 Å². The highest BCUT2D eigenvalue weighted by atomic mass is 16.5. The van der Waals surface area contributed by atoms with Crippen molar-refractivity contribution in [1.29, 1.82) is 0 Å². The highest BCUT2D eigenvalue weighted by Gasteiger charge is 2.10. The topological polar surface area (TPSA) is 139 Å². The minimum atomic E-state index is -0.522. The van der Waals surface area contributed by atoms with Crippen molar-refractivity contribution in [3.8, 4) is 5.88 Å². The maximum Gasteiger partial charge on any atom is 0.356 e. The Hall–Kier alpha value is -3.04. The Bertz CT molecular complexity index is 686. The molecule has 0 aliphatic heterocycles. The van der Waals surface area contributed by atoms with Gasteiger partial charge >= 0.3 is 11.9 Å². The molecule has 2 aromatic rings. The normalized spacial score (nSPS) is 9.52. The number of nitrogens with zero attached hydrogens (tertiary/aromatic N) is 1. The van der Waals surface area contributed by atoms with Crippen LogP contribution in [0.15, 0.2) is 16.9 Å². The molecule has 2 heterocycles. The van der Waals surface area contributed by atoms with E-state index in [1.807, 2.05) is 0 Å². The van der Waals surface area contributed by atoms with Crippen LogP contribution in [0.2, 0.25) is 0 Å². The molecule has 10 nitrogen and oxygen atoms in total. The zero-order chi connectivity index (χ0) is 17.2. The molecule has 0 aliphatic rings. The van der Waals surface area contributed by atoms with Crippen LogP contribution in [-0.2, 0) is 9.47 Å². The summed E-state index contributed by atoms with van der Waals surface area (Å²) < 4.78 is 14.1. The predicted octanol–water partition coefficient (Wildman–Crippen LogP) is 0.475. The lowest BCUT2D eigenvalue weighted by molar-refractivity contribution is 0.0510. The number of carbonyl (C=O) groups excluding carboxylic acids is 2. The second-order valence-corrected chi connectivity index (χ2v) is 3.94. The molecule has 0 spiro atoms. The van der Waals surface area contributed by atoms with Gasteiger partial charge in [-0.3, -0.25) is 20.1 Å². The SMILES string of the molecule is CCOC(=O)c1cc(=O)[nH][nH]1.CCOC(=O)c1cc(OC)n[nH]1. The summed E-state index contributed by atoms with van der Waals surface area (Å²) in [6.45, 7) is 4.08. The fourth-order valence-electron chi connectivity index (χ4n) is 1.37. The third-order valence-corrected chi connectivity index (χ3v) is 2.35. The van der Waals surface area contributed by atoms with Crippen LogP contribution >= 0.6 is 0 Å². The summed E-state index contributed by atoms with van der Waals surface area (Å²) in [5.74, 6) is -0.572. The predicted molar refractivity (Wildman–Crippen MR) is 78.5 cm³/mol. The average Bonchev–Trinajstić information content (AvgIpc) is 3.17. The maximum atomic E-state index is 11.0. The highest BCUT2D eigenvalue weighted by Crippen LogP contribution is 2.07. The van der Waals surface area contributed by atoms with Crippen LogP contribution < -0.4 is 10.3 Å². The molecule has 23 heavy (non-hydrogen) atoms. The van der Waals surface area contributed by atoms with Gasteiger partial charge in [0.05, 0.1) is 20.3 Å². The number of esters is 2. The van der Waals surface area contributed by atoms with Crippen molar-refractivity contribution in [2.75, 3.05) is 20.3 Å². The number of carbonyl (C=O) groups is 2. The first-order valence-corrected chi connectivity index (χ1v) is 6.73. The number of H-pyrrole nitrogens is 3. The molecule has 10 heteroatoms. The van der Waals surface area contributed by atoms with Gasteiger partial charge in [0.15, 0.2) is 0 Å². The van der Waals surface area contributed by atoms with Gasteiger partial charge in [0.25, 0.3) is 5.56 Å². The van der Waals surface area contributed by atoms with E-state index in [0.717, 1.165) is 6.07 Å². The van der Waals surface area contributed by atoms with Gasteiger partial charge in [0.1, 0.15) is 11.4 Å². The number of methoxy groups -OCH3 is 1. The molecule has 2 rings (SSSR count). The molecule has 0 atom stereocenters. The van der Waals surface area contributed by atoms with E-state index in [2.05, 4.69) is 25.1 Å². The van der Waals surface area contributed by atoms with E-state index in [0.29, 0.717) is 24.8 Å². The monoisotopic (exact) mass is 326 g/mol. The van der Waals surface area contributed by atoms with Crippen LogP contribution in [0.3, 0.4) is 0 Å². The highest BCUT2D eigenvalue weighted by molar-refractivity contribution is 5.87. The lowest BCUT2D eigenvalue weighted by atomic mass is 10.4. The molecular weight excluding hydrogens is 308 g/mol. The van der Waals surface area contributed by atoms with Crippen molar-refractivity contribution in [3.63, 3.8) is 0 Å². The van der Waals surface area contributed by atoms with Gasteiger partial charge in [-0.2, -0.15) is 0 Å². The van der Waals surface area contributed by atoms with Crippen molar-refractivity contribution in [1.82, 2.24) is 20.4 Å². The van der Waals surface area contributed by atoms with E-state index in [4.69, 9.17) is 9.47 Å². The van der Waals surface area contributed by atoms with E-state index in [-0.39, 0.29) is 11.3 Å². The summed E-state index contributed by atoms with van der Waals surface area (Å²) in [5, 5.41) is 10.8. The quantitative estimate of drug-likeness (QED) is 0.679. The van der Waals surface area contributed by atoms with Gasteiger partial charge in [-0.25, -0.2) is 9.59 Å². The second kappa shape index (κ2) is 9.07. The van der Waals surface area contributed by atoms with E-state index < -0.39 is 11.9 Å². The molecule has 0 amide bonds. The Morgan fingerprint density at radius 2 is 1.65 bits per heavy atom. The Balaban J connectivity index is 0.000000231. The third kappa shape index (κ3) is 5.69. The van der Waals surface area contributed by atoms with Crippen LogP contribution in [0, 0.1) is 0 Å². The molecule has 0 aromatic carbocycles. The molecule has 0 unspecified atom stereocenters. The smallest absolute Gasteiger partial charge is 0.356 e. The zero-order valence-electron chi connectivity index (χ0n) is 13.0. The van der Waals surface area contributed by atoms with Gasteiger partial charge in [-0.05, 0) is 13.8 Å². The lowest BCUT2D eigenvalue weighted by Crippen LogP contribution is -2.04. The van der Waals surface area contributed by atoms with Crippen molar-refractivity contribution < 1.29 is 23.8 Å². The Morgan fingerprint density at radius 3 is 2.09 bits per heavy atom. The van der Waals surface area contributed by atoms with Gasteiger partial charge in [-0.1, -0.05) is 0 Å². The Labute approximate surface area is 131 Å². The summed E-state index contributed by atoms with van der Waals surface area (Å²) in [4.78, 5) is 32.4. The number of aromatic nitrogens is 4. The minimum Gasteiger partial charge on any atom is -0.480 e. The fraction of sp³-hybridized carbons (Fsp3) is 0.385. The van der Waals surface area contributed by atoms with E-state index in [1.165, 1.54) is 13.2 Å². The van der Waals surface area contributed by atoms with Gasteiger partial charge in [-0.15, -0.1) is 5.10 Å². The van der Waals surface area contributed by atoms with Crippen molar-refractivity contribution in [2.45, 2.75) is 13.8 Å². The first kappa shape index (κ1) is 18.0. The fourth-order valence-corrected chi connectivity index (χ4v) is 1.37. The molecule has 3 N–H and O–H groups in total. The van der Waals surface area contributed by atoms with Gasteiger partial charge < -0.3 is 14.2 Å². The van der Waals surface area contributed by atoms with E-state index in [1.54, 1.807) is 13.8 Å². The van der Waals surface area contributed by atoms with Crippen LogP contribution in [0.25, 0.3) is 0 Å². The molecular formula is C13H18N4O6. The first-order chi connectivity index (χ1) is 11.0. The molecule has 0 saturated carbocycles. The number of rotatable bonds is 5. The summed E-state index contributed by atoms with van der Waals surface area (Å²) in [7, 11) is 1.48. The number of nitrogens with one attached hydrogen (secondary N) is 3. The van der Waals surface area contributed by atoms with Gasteiger partial charge in [0.2, 0.25) is 5.88 Å². The molecule has 0 bridgehead atoms. The summed E-state index contributed by atoms with van der Waals surface area (Å²) in [6.07, 6.45) is 0. The number of ether oxygens (including phenoxy) is 3. The standard InChI is InChI=1S/C7H10N2O3.C6H8N2O3/c1-3-12-7(10)5-4-6(11-2)9-8-5;1-2-11-6(10)4-3-5(9)8-7-4/h4H,3H2,1-2H3,(H,8,9);3H,2H2,1H3,(H2,7,8,9). The van der Waals surface area contributed by atoms with Crippen LogP contribution in [0.5, 0.6) is 5.88 Å². The van der Waals surface area contributed by atoms with E-state index in [9.17, 15) is 14.4 Å². The number of hydrogen-bond donors (Lipinski definition) is 3. The molecule has 0 fully saturated rings. The zero-order valence-corrected chi connectivity index (χ0v) is 13.0. The van der Waals surface area contributed by atoms with Crippen LogP contribution in [0.4, 0.5) is 0 Å². The summed E-state index contributed by atoms with van der Waals surface area (Å²) >= 11 is 0. The Kier molecular flexibility index (Phi) is 7.11. The molecule has 126 valence electrons. The van der Waals surface area contributed by atoms with Crippen molar-refractivity contribution in [3.05, 3.63) is 33.9 Å². The van der Waals surface area contributed by atoms with Crippen molar-refractivity contribution >= 4 is 11.9 Å². The van der Waals surface area contributed by atoms with Crippen molar-refractivity contribution in [2.24, 2.45) is 0 Å². The third-order valence-electron chi connectivity index (χ3n) is 2.35. The molecule has 0 radical (unpaired) electrons. The molecule has 0 aliphatic carbocycles. The molecule has 2 aromatic heterocycles. The van der Waals surface area contributed by atoms with Crippen LogP contribution in [-0.4, -0.2) is 52.7 Å². The lowest BCUT2D eigenvalue weighted by Gasteiger charge is -1.95. The second-order valence-electron chi connectivity index (χ2n) is 3.94. The molecule has 0 saturated heterocycles. The van der Waals surface area contributed by atoms with E-state index >= 15 is 0 Å². The largest absolute Gasteiger partial charge is 0.480 e. The average molecular weight is 326 g/mol. The Morgan fingerprint density at radius 1 is 1.04 bits per heavy atom. The maximum absolute atomic E-state index is 11.0. The number of hydrogen-bond acceptors (Lipinski definition) is 7. The summed E-state index contributed by atoms with van der Waals surface area (Å²) in [6, 6.07) is 2.63. The van der Waals surface area contributed by atoms with Gasteiger partial charge in [0, 0.05) is 12.1 Å².